The molecule has 2 aromatic carbocycles. The highest BCUT2D eigenvalue weighted by atomic mass is 16.7. The molecule has 1 aliphatic heterocycles. The second-order valence-corrected chi connectivity index (χ2v) is 4.98. The van der Waals surface area contributed by atoms with Crippen molar-refractivity contribution in [3.05, 3.63) is 65.9 Å². The van der Waals surface area contributed by atoms with E-state index in [9.17, 15) is 5.11 Å². The number of aliphatic hydroxyl groups excluding tert-OH is 1. The number of hydrogen-bond acceptors (Lipinski definition) is 4. The van der Waals surface area contributed by atoms with Crippen LogP contribution in [0.3, 0.4) is 0 Å². The number of para-hydroxylation sites is 1. The Morgan fingerprint density at radius 2 is 1.81 bits per heavy atom. The largest absolute Gasteiger partial charge is 0.454 e. The summed E-state index contributed by atoms with van der Waals surface area (Å²) in [5.41, 5.74) is 2.43. The molecule has 1 N–H and O–H groups in total. The van der Waals surface area contributed by atoms with E-state index in [0.717, 1.165) is 22.0 Å². The molecule has 21 heavy (non-hydrogen) atoms. The molecule has 1 atom stereocenters. The van der Waals surface area contributed by atoms with E-state index >= 15 is 0 Å². The van der Waals surface area contributed by atoms with Gasteiger partial charge in [-0.2, -0.15) is 0 Å². The first-order valence-electron chi connectivity index (χ1n) is 6.73. The third-order valence-electron chi connectivity index (χ3n) is 3.64. The minimum atomic E-state index is -0.739. The summed E-state index contributed by atoms with van der Waals surface area (Å²) in [6.45, 7) is 0.229. The number of aliphatic hydroxyl groups is 1. The molecule has 0 bridgehead atoms. The van der Waals surface area contributed by atoms with Crippen LogP contribution in [0.25, 0.3) is 10.9 Å². The maximum absolute atomic E-state index is 10.5. The van der Waals surface area contributed by atoms with E-state index in [-0.39, 0.29) is 6.79 Å². The van der Waals surface area contributed by atoms with Crippen LogP contribution in [0.15, 0.2) is 54.7 Å². The molecule has 0 aliphatic carbocycles. The molecule has 2 heterocycles. The Morgan fingerprint density at radius 3 is 2.76 bits per heavy atom. The molecule has 104 valence electrons. The summed E-state index contributed by atoms with van der Waals surface area (Å²) >= 11 is 0. The molecule has 0 radical (unpaired) electrons. The number of pyridine rings is 1. The van der Waals surface area contributed by atoms with E-state index in [1.54, 1.807) is 6.20 Å². The monoisotopic (exact) mass is 279 g/mol. The zero-order chi connectivity index (χ0) is 14.2. The normalized spacial score (nSPS) is 14.3. The highest BCUT2D eigenvalue weighted by Gasteiger charge is 2.18. The lowest BCUT2D eigenvalue weighted by molar-refractivity contribution is 0.173. The Balaban J connectivity index is 1.73. The van der Waals surface area contributed by atoms with E-state index in [4.69, 9.17) is 9.47 Å². The highest BCUT2D eigenvalue weighted by Crippen LogP contribution is 2.35. The fraction of sp³-hybridized carbons (Fsp3) is 0.118. The predicted octanol–water partition coefficient (Wildman–Crippen LogP) is 3.05. The smallest absolute Gasteiger partial charge is 0.231 e. The number of aromatic nitrogens is 1. The van der Waals surface area contributed by atoms with Gasteiger partial charge < -0.3 is 14.6 Å². The molecular weight excluding hydrogens is 266 g/mol. The lowest BCUT2D eigenvalue weighted by Gasteiger charge is -2.12. The van der Waals surface area contributed by atoms with Gasteiger partial charge in [-0.1, -0.05) is 24.3 Å². The van der Waals surface area contributed by atoms with Crippen molar-refractivity contribution in [1.82, 2.24) is 4.98 Å². The van der Waals surface area contributed by atoms with E-state index in [2.05, 4.69) is 4.98 Å². The number of fused-ring (bicyclic) bond motifs is 2. The van der Waals surface area contributed by atoms with Gasteiger partial charge in [-0.15, -0.1) is 0 Å². The van der Waals surface area contributed by atoms with Crippen molar-refractivity contribution < 1.29 is 14.6 Å². The van der Waals surface area contributed by atoms with Crippen molar-refractivity contribution in [3.63, 3.8) is 0 Å². The molecule has 0 saturated carbocycles. The van der Waals surface area contributed by atoms with E-state index in [0.29, 0.717) is 11.5 Å². The summed E-state index contributed by atoms with van der Waals surface area (Å²) in [6, 6.07) is 15.3. The molecule has 0 spiro atoms. The molecule has 4 rings (SSSR count). The van der Waals surface area contributed by atoms with E-state index in [1.807, 2.05) is 48.5 Å². The minimum Gasteiger partial charge on any atom is -0.454 e. The van der Waals surface area contributed by atoms with Gasteiger partial charge in [-0.3, -0.25) is 4.98 Å². The fourth-order valence-corrected chi connectivity index (χ4v) is 2.51. The van der Waals surface area contributed by atoms with Crippen molar-refractivity contribution in [2.45, 2.75) is 6.10 Å². The Labute approximate surface area is 121 Å². The van der Waals surface area contributed by atoms with Crippen LogP contribution in [0.2, 0.25) is 0 Å². The molecule has 0 fully saturated rings. The van der Waals surface area contributed by atoms with Gasteiger partial charge in [0, 0.05) is 17.1 Å². The van der Waals surface area contributed by atoms with Crippen LogP contribution in [-0.2, 0) is 0 Å². The molecule has 1 unspecified atom stereocenters. The SMILES string of the molecule is OC(c1ccc2c(c1)OCO2)c1cnc2ccccc2c1. The van der Waals surface area contributed by atoms with Crippen LogP contribution in [-0.4, -0.2) is 16.9 Å². The fourth-order valence-electron chi connectivity index (χ4n) is 2.51. The zero-order valence-electron chi connectivity index (χ0n) is 11.2. The van der Waals surface area contributed by atoms with Gasteiger partial charge in [-0.05, 0) is 29.8 Å². The van der Waals surface area contributed by atoms with Crippen LogP contribution >= 0.6 is 0 Å². The number of nitrogens with zero attached hydrogens (tertiary/aromatic N) is 1. The number of ether oxygens (including phenoxy) is 2. The van der Waals surface area contributed by atoms with Gasteiger partial charge in [0.15, 0.2) is 11.5 Å². The first kappa shape index (κ1) is 12.2. The molecule has 0 amide bonds. The average Bonchev–Trinajstić information content (AvgIpc) is 3.01. The topological polar surface area (TPSA) is 51.6 Å². The van der Waals surface area contributed by atoms with Gasteiger partial charge in [0.25, 0.3) is 0 Å². The molecule has 4 heteroatoms. The molecule has 0 saturated heterocycles. The van der Waals surface area contributed by atoms with Gasteiger partial charge in [-0.25, -0.2) is 0 Å². The number of hydrogen-bond donors (Lipinski definition) is 1. The lowest BCUT2D eigenvalue weighted by atomic mass is 10.0. The summed E-state index contributed by atoms with van der Waals surface area (Å²) in [5.74, 6) is 1.38. The highest BCUT2D eigenvalue weighted by molar-refractivity contribution is 5.78. The lowest BCUT2D eigenvalue weighted by Crippen LogP contribution is -2.00. The minimum absolute atomic E-state index is 0.229. The van der Waals surface area contributed by atoms with Crippen molar-refractivity contribution in [1.29, 1.82) is 0 Å². The predicted molar refractivity (Wildman–Crippen MR) is 78.4 cm³/mol. The first-order chi connectivity index (χ1) is 10.3. The Bertz CT molecular complexity index is 816. The summed E-state index contributed by atoms with van der Waals surface area (Å²) in [7, 11) is 0. The van der Waals surface area contributed by atoms with Crippen LogP contribution in [0.5, 0.6) is 11.5 Å². The second kappa shape index (κ2) is 4.75. The van der Waals surface area contributed by atoms with Crippen LogP contribution in [0.4, 0.5) is 0 Å². The van der Waals surface area contributed by atoms with Crippen molar-refractivity contribution >= 4 is 10.9 Å². The molecule has 4 nitrogen and oxygen atoms in total. The quantitative estimate of drug-likeness (QED) is 0.783. The van der Waals surface area contributed by atoms with Gasteiger partial charge in [0.05, 0.1) is 5.52 Å². The van der Waals surface area contributed by atoms with Crippen LogP contribution < -0.4 is 9.47 Å². The van der Waals surface area contributed by atoms with Crippen LogP contribution in [0, 0.1) is 0 Å². The van der Waals surface area contributed by atoms with E-state index in [1.165, 1.54) is 0 Å². The van der Waals surface area contributed by atoms with E-state index < -0.39 is 6.10 Å². The van der Waals surface area contributed by atoms with Crippen molar-refractivity contribution in [3.8, 4) is 11.5 Å². The van der Waals surface area contributed by atoms with Gasteiger partial charge >= 0.3 is 0 Å². The Morgan fingerprint density at radius 1 is 0.952 bits per heavy atom. The third-order valence-corrected chi connectivity index (χ3v) is 3.64. The second-order valence-electron chi connectivity index (χ2n) is 4.98. The maximum atomic E-state index is 10.5. The summed E-state index contributed by atoms with van der Waals surface area (Å²) < 4.78 is 10.6. The first-order valence-corrected chi connectivity index (χ1v) is 6.73. The number of benzene rings is 2. The summed E-state index contributed by atoms with van der Waals surface area (Å²) in [4.78, 5) is 4.38. The van der Waals surface area contributed by atoms with Crippen molar-refractivity contribution in [2.75, 3.05) is 6.79 Å². The van der Waals surface area contributed by atoms with Crippen molar-refractivity contribution in [2.24, 2.45) is 0 Å². The Kier molecular flexibility index (Phi) is 2.75. The number of rotatable bonds is 2. The average molecular weight is 279 g/mol. The maximum Gasteiger partial charge on any atom is 0.231 e. The Hall–Kier alpha value is -2.59. The summed E-state index contributed by atoms with van der Waals surface area (Å²) in [6.07, 6.45) is 0.967. The van der Waals surface area contributed by atoms with Gasteiger partial charge in [0.1, 0.15) is 6.10 Å². The summed E-state index contributed by atoms with van der Waals surface area (Å²) in [5, 5.41) is 11.6. The van der Waals surface area contributed by atoms with Crippen LogP contribution in [0.1, 0.15) is 17.2 Å². The third kappa shape index (κ3) is 2.10. The molecule has 3 aromatic rings. The van der Waals surface area contributed by atoms with Gasteiger partial charge in [0.2, 0.25) is 6.79 Å². The molecule has 1 aromatic heterocycles. The molecule has 1 aliphatic rings. The standard InChI is InChI=1S/C17H13NO3/c19-17(12-5-6-15-16(8-12)21-10-20-15)13-7-11-3-1-2-4-14(11)18-9-13/h1-9,17,19H,10H2. The zero-order valence-corrected chi connectivity index (χ0v) is 11.2. The molecular formula is C17H13NO3.